The van der Waals surface area contributed by atoms with Crippen LogP contribution in [0.25, 0.3) is 17.0 Å². The Bertz CT molecular complexity index is 945. The topological polar surface area (TPSA) is 37.8 Å². The Kier molecular flexibility index (Phi) is 5.32. The van der Waals surface area contributed by atoms with E-state index in [1.165, 1.54) is 6.33 Å². The van der Waals surface area contributed by atoms with E-state index < -0.39 is 6.08 Å². The van der Waals surface area contributed by atoms with E-state index in [0.717, 1.165) is 28.4 Å². The van der Waals surface area contributed by atoms with E-state index in [9.17, 15) is 8.78 Å². The maximum atomic E-state index is 12.2. The van der Waals surface area contributed by atoms with Gasteiger partial charge >= 0.3 is 0 Å². The molecule has 1 aromatic heterocycles. The van der Waals surface area contributed by atoms with Gasteiger partial charge in [0.15, 0.2) is 0 Å². The fourth-order valence-electron chi connectivity index (χ4n) is 2.34. The number of halogens is 2. The minimum absolute atomic E-state index is 0.461. The van der Waals surface area contributed by atoms with Crippen molar-refractivity contribution in [3.05, 3.63) is 72.1 Å². The Labute approximate surface area is 144 Å². The van der Waals surface area contributed by atoms with Crippen LogP contribution in [0.1, 0.15) is 17.5 Å². The van der Waals surface area contributed by atoms with Gasteiger partial charge in [0.05, 0.1) is 5.52 Å². The minimum Gasteiger partial charge on any atom is -0.368 e. The van der Waals surface area contributed by atoms with E-state index >= 15 is 0 Å². The third-order valence-electron chi connectivity index (χ3n) is 3.50. The first-order chi connectivity index (χ1) is 12.2. The van der Waals surface area contributed by atoms with Gasteiger partial charge in [-0.1, -0.05) is 36.1 Å². The van der Waals surface area contributed by atoms with Gasteiger partial charge in [-0.15, -0.1) is 0 Å². The van der Waals surface area contributed by atoms with Crippen LogP contribution >= 0.6 is 0 Å². The first-order valence-corrected chi connectivity index (χ1v) is 7.77. The van der Waals surface area contributed by atoms with Crippen LogP contribution in [0.2, 0.25) is 0 Å². The Morgan fingerprint density at radius 1 is 1.04 bits per heavy atom. The van der Waals surface area contributed by atoms with Gasteiger partial charge < -0.3 is 5.32 Å². The maximum Gasteiger partial charge on any atom is 0.270 e. The lowest BCUT2D eigenvalue weighted by Gasteiger charge is -2.05. The molecule has 0 radical (unpaired) electrons. The highest BCUT2D eigenvalue weighted by Crippen LogP contribution is 2.18. The lowest BCUT2D eigenvalue weighted by molar-refractivity contribution is 0.429. The van der Waals surface area contributed by atoms with Crippen molar-refractivity contribution < 1.29 is 8.78 Å². The second-order valence-electron chi connectivity index (χ2n) is 5.27. The molecule has 0 saturated heterocycles. The van der Waals surface area contributed by atoms with Gasteiger partial charge in [0, 0.05) is 30.0 Å². The van der Waals surface area contributed by atoms with Crippen LogP contribution < -0.4 is 5.32 Å². The summed E-state index contributed by atoms with van der Waals surface area (Å²) < 4.78 is 24.3. The Morgan fingerprint density at radius 3 is 2.64 bits per heavy atom. The summed E-state index contributed by atoms with van der Waals surface area (Å²) in [5.41, 5.74) is 2.15. The van der Waals surface area contributed by atoms with E-state index in [2.05, 4.69) is 27.1 Å². The molecule has 5 heteroatoms. The molecule has 3 rings (SSSR count). The van der Waals surface area contributed by atoms with E-state index in [1.807, 2.05) is 24.3 Å². The van der Waals surface area contributed by atoms with E-state index in [4.69, 9.17) is 0 Å². The number of aromatic nitrogens is 2. The van der Waals surface area contributed by atoms with Crippen molar-refractivity contribution in [1.82, 2.24) is 9.97 Å². The van der Waals surface area contributed by atoms with Crippen LogP contribution in [0.4, 0.5) is 14.6 Å². The minimum atomic E-state index is -1.71. The molecule has 1 N–H and O–H groups in total. The zero-order chi connectivity index (χ0) is 17.5. The molecular formula is C20H15F2N3. The van der Waals surface area contributed by atoms with Crippen LogP contribution in [0.5, 0.6) is 0 Å². The smallest absolute Gasteiger partial charge is 0.270 e. The molecule has 0 aliphatic heterocycles. The summed E-state index contributed by atoms with van der Waals surface area (Å²) in [4.78, 5) is 8.48. The number of nitrogens with one attached hydrogen (secondary N) is 1. The zero-order valence-electron chi connectivity index (χ0n) is 13.3. The highest BCUT2D eigenvalue weighted by molar-refractivity contribution is 5.88. The Morgan fingerprint density at radius 2 is 1.84 bits per heavy atom. The molecule has 3 nitrogen and oxygen atoms in total. The van der Waals surface area contributed by atoms with Crippen LogP contribution in [-0.2, 0) is 0 Å². The fourth-order valence-corrected chi connectivity index (χ4v) is 2.34. The molecule has 0 aliphatic rings. The van der Waals surface area contributed by atoms with Gasteiger partial charge in [-0.25, -0.2) is 9.97 Å². The molecule has 25 heavy (non-hydrogen) atoms. The lowest BCUT2D eigenvalue weighted by atomic mass is 10.1. The molecule has 3 aromatic rings. The molecule has 0 spiro atoms. The number of hydrogen-bond donors (Lipinski definition) is 1. The second kappa shape index (κ2) is 8.02. The third-order valence-corrected chi connectivity index (χ3v) is 3.50. The molecule has 0 atom stereocenters. The predicted molar refractivity (Wildman–Crippen MR) is 96.2 cm³/mol. The number of nitrogens with zero attached hydrogens (tertiary/aromatic N) is 2. The van der Waals surface area contributed by atoms with Gasteiger partial charge in [-0.3, -0.25) is 0 Å². The summed E-state index contributed by atoms with van der Waals surface area (Å²) in [5, 5.41) is 4.23. The monoisotopic (exact) mass is 335 g/mol. The quantitative estimate of drug-likeness (QED) is 0.554. The van der Waals surface area contributed by atoms with Crippen molar-refractivity contribution in [2.45, 2.75) is 6.42 Å². The zero-order valence-corrected chi connectivity index (χ0v) is 13.3. The van der Waals surface area contributed by atoms with Crippen LogP contribution in [0.15, 0.2) is 60.9 Å². The van der Waals surface area contributed by atoms with Crippen molar-refractivity contribution >= 4 is 22.8 Å². The number of para-hydroxylation sites is 1. The first-order valence-electron chi connectivity index (χ1n) is 7.77. The second-order valence-corrected chi connectivity index (χ2v) is 5.27. The number of benzene rings is 2. The van der Waals surface area contributed by atoms with Gasteiger partial charge in [0.25, 0.3) is 6.08 Å². The van der Waals surface area contributed by atoms with Gasteiger partial charge in [-0.2, -0.15) is 8.78 Å². The molecule has 0 amide bonds. The lowest BCUT2D eigenvalue weighted by Crippen LogP contribution is -2.03. The number of hydrogen-bond acceptors (Lipinski definition) is 3. The maximum absolute atomic E-state index is 12.2. The van der Waals surface area contributed by atoms with Crippen LogP contribution in [0.3, 0.4) is 0 Å². The SMILES string of the molecule is FC(F)=Cc1ccc(C#CCCNc2ncnc3ccccc23)cc1. The molecule has 0 saturated carbocycles. The standard InChI is InChI=1S/C20H15F2N3/c21-19(22)13-16-10-8-15(9-11-16)5-3-4-12-23-20-17-6-1-2-7-18(17)24-14-25-20/h1-2,6-11,13-14H,4,12H2,(H,23,24,25). The predicted octanol–water partition coefficient (Wildman–Crippen LogP) is 4.72. The Balaban J connectivity index is 1.57. The highest BCUT2D eigenvalue weighted by Gasteiger charge is 2.00. The summed E-state index contributed by atoms with van der Waals surface area (Å²) in [5.74, 6) is 6.87. The van der Waals surface area contributed by atoms with Crippen LogP contribution in [0, 0.1) is 11.8 Å². The van der Waals surface area contributed by atoms with Crippen molar-refractivity contribution in [2.24, 2.45) is 0 Å². The molecule has 0 bridgehead atoms. The summed E-state index contributed by atoms with van der Waals surface area (Å²) in [7, 11) is 0. The van der Waals surface area contributed by atoms with Crippen molar-refractivity contribution in [1.29, 1.82) is 0 Å². The number of anilines is 1. The number of rotatable bonds is 4. The molecule has 124 valence electrons. The summed E-state index contributed by atoms with van der Waals surface area (Å²) in [6.45, 7) is 0.655. The van der Waals surface area contributed by atoms with E-state index in [0.29, 0.717) is 18.5 Å². The normalized spacial score (nSPS) is 10.0. The molecule has 0 unspecified atom stereocenters. The van der Waals surface area contributed by atoms with Crippen molar-refractivity contribution in [3.63, 3.8) is 0 Å². The summed E-state index contributed by atoms with van der Waals surface area (Å²) in [6, 6.07) is 14.5. The molecular weight excluding hydrogens is 320 g/mol. The van der Waals surface area contributed by atoms with Gasteiger partial charge in [0.2, 0.25) is 0 Å². The van der Waals surface area contributed by atoms with Gasteiger partial charge in [-0.05, 0) is 29.8 Å². The molecule has 0 fully saturated rings. The number of fused-ring (bicyclic) bond motifs is 1. The van der Waals surface area contributed by atoms with Gasteiger partial charge in [0.1, 0.15) is 12.1 Å². The van der Waals surface area contributed by atoms with E-state index in [1.54, 1.807) is 24.3 Å². The third kappa shape index (κ3) is 4.61. The van der Waals surface area contributed by atoms with Crippen molar-refractivity contribution in [3.8, 4) is 11.8 Å². The first kappa shape index (κ1) is 16.6. The average Bonchev–Trinajstić information content (AvgIpc) is 2.62. The molecule has 2 aromatic carbocycles. The molecule has 0 aliphatic carbocycles. The summed E-state index contributed by atoms with van der Waals surface area (Å²) in [6.07, 6.45) is 1.29. The summed E-state index contributed by atoms with van der Waals surface area (Å²) >= 11 is 0. The largest absolute Gasteiger partial charge is 0.368 e. The average molecular weight is 335 g/mol. The van der Waals surface area contributed by atoms with Crippen molar-refractivity contribution in [2.75, 3.05) is 11.9 Å². The van der Waals surface area contributed by atoms with Crippen LogP contribution in [-0.4, -0.2) is 16.5 Å². The highest BCUT2D eigenvalue weighted by atomic mass is 19.3. The van der Waals surface area contributed by atoms with E-state index in [-0.39, 0.29) is 0 Å². The fraction of sp³-hybridized carbons (Fsp3) is 0.100. The Hall–Kier alpha value is -3.26. The molecule has 1 heterocycles.